The maximum Gasteiger partial charge on any atom is 0.251 e. The molecule has 3 rings (SSSR count). The Kier molecular flexibility index (Phi) is 8.34. The number of carbonyl (C=O) groups is 1. The number of aliphatic hydroxyl groups excluding tert-OH is 1. The van der Waals surface area contributed by atoms with E-state index in [2.05, 4.69) is 10.6 Å². The Morgan fingerprint density at radius 1 is 1.34 bits per heavy atom. The number of piperidine rings is 1. The number of amides is 1. The van der Waals surface area contributed by atoms with Crippen LogP contribution in [0.15, 0.2) is 40.6 Å². The summed E-state index contributed by atoms with van der Waals surface area (Å²) in [6, 6.07) is 11.2. The third-order valence-electron chi connectivity index (χ3n) is 4.80. The first-order valence-corrected chi connectivity index (χ1v) is 11.5. The Balaban J connectivity index is 1.49. The van der Waals surface area contributed by atoms with Crippen LogP contribution in [0.4, 0.5) is 0 Å². The number of aliphatic hydroxyl groups is 1. The van der Waals surface area contributed by atoms with Crippen molar-refractivity contribution in [2.24, 2.45) is 0 Å². The van der Waals surface area contributed by atoms with E-state index in [1.807, 2.05) is 16.4 Å². The van der Waals surface area contributed by atoms with Crippen LogP contribution in [-0.2, 0) is 17.9 Å². The zero-order valence-electron chi connectivity index (χ0n) is 16.4. The number of methoxy groups -OCH3 is 1. The maximum atomic E-state index is 12.8. The second-order valence-corrected chi connectivity index (χ2v) is 9.65. The number of ether oxygens (including phenoxy) is 1. The molecule has 1 aliphatic heterocycles. The number of nitrogens with one attached hydrogen (secondary N) is 2. The summed E-state index contributed by atoms with van der Waals surface area (Å²) in [6.07, 6.45) is 1.83. The second kappa shape index (κ2) is 11.0. The fourth-order valence-corrected chi connectivity index (χ4v) is 5.78. The van der Waals surface area contributed by atoms with Crippen molar-refractivity contribution >= 4 is 28.6 Å². The molecule has 0 spiro atoms. The first-order valence-electron chi connectivity index (χ1n) is 9.62. The van der Waals surface area contributed by atoms with Crippen LogP contribution in [0.25, 0.3) is 0 Å². The smallest absolute Gasteiger partial charge is 0.251 e. The van der Waals surface area contributed by atoms with E-state index in [0.29, 0.717) is 30.4 Å². The van der Waals surface area contributed by atoms with Gasteiger partial charge in [-0.25, -0.2) is 0 Å². The van der Waals surface area contributed by atoms with Crippen LogP contribution in [0.3, 0.4) is 0 Å². The number of hydrogen-bond donors (Lipinski definition) is 3. The molecule has 1 aromatic heterocycles. The Morgan fingerprint density at radius 3 is 2.86 bits per heavy atom. The molecule has 1 saturated heterocycles. The van der Waals surface area contributed by atoms with Crippen LogP contribution >= 0.6 is 11.3 Å². The van der Waals surface area contributed by atoms with E-state index in [1.165, 1.54) is 11.3 Å². The van der Waals surface area contributed by atoms with Crippen LogP contribution in [0, 0.1) is 0 Å². The number of hydrogen-bond acceptors (Lipinski definition) is 7. The first-order chi connectivity index (χ1) is 14.1. The van der Waals surface area contributed by atoms with Gasteiger partial charge in [-0.05, 0) is 37.1 Å². The SMILES string of the molecule is COc1cccc(C(=O)NCc2ccc([S+]([O-])N3CCC(NCCO)CC3)s2)c1. The van der Waals surface area contributed by atoms with Crippen LogP contribution in [0.2, 0.25) is 0 Å². The molecule has 7 nitrogen and oxygen atoms in total. The molecule has 2 heterocycles. The van der Waals surface area contributed by atoms with Gasteiger partial charge in [0.25, 0.3) is 5.91 Å². The molecule has 1 fully saturated rings. The van der Waals surface area contributed by atoms with Gasteiger partial charge in [-0.3, -0.25) is 4.79 Å². The average Bonchev–Trinajstić information content (AvgIpc) is 3.25. The lowest BCUT2D eigenvalue weighted by molar-refractivity contribution is 0.0951. The van der Waals surface area contributed by atoms with E-state index in [1.54, 1.807) is 31.4 Å². The normalized spacial score (nSPS) is 16.5. The molecule has 1 aliphatic rings. The summed E-state index contributed by atoms with van der Waals surface area (Å²) in [5.41, 5.74) is 0.544. The van der Waals surface area contributed by atoms with Gasteiger partial charge in [0.2, 0.25) is 4.21 Å². The quantitative estimate of drug-likeness (QED) is 0.517. The summed E-state index contributed by atoms with van der Waals surface area (Å²) in [7, 11) is 1.57. The van der Waals surface area contributed by atoms with Gasteiger partial charge in [-0.2, -0.15) is 0 Å². The highest BCUT2D eigenvalue weighted by Crippen LogP contribution is 2.27. The van der Waals surface area contributed by atoms with E-state index in [-0.39, 0.29) is 12.5 Å². The minimum Gasteiger partial charge on any atom is -0.592 e. The molecule has 2 aromatic rings. The van der Waals surface area contributed by atoms with Gasteiger partial charge < -0.3 is 25.0 Å². The van der Waals surface area contributed by atoms with Gasteiger partial charge in [-0.1, -0.05) is 17.4 Å². The van der Waals surface area contributed by atoms with E-state index in [0.717, 1.165) is 35.0 Å². The Bertz CT molecular complexity index is 794. The molecule has 0 radical (unpaired) electrons. The zero-order chi connectivity index (χ0) is 20.6. The molecule has 1 atom stereocenters. The third kappa shape index (κ3) is 6.18. The lowest BCUT2D eigenvalue weighted by atomic mass is 10.1. The van der Waals surface area contributed by atoms with Crippen LogP contribution in [0.5, 0.6) is 5.75 Å². The van der Waals surface area contributed by atoms with Crippen molar-refractivity contribution in [3.63, 3.8) is 0 Å². The zero-order valence-corrected chi connectivity index (χ0v) is 18.1. The number of carbonyl (C=O) groups excluding carboxylic acids is 1. The van der Waals surface area contributed by atoms with Crippen LogP contribution in [0.1, 0.15) is 28.1 Å². The summed E-state index contributed by atoms with van der Waals surface area (Å²) >= 11 is 0.285. The van der Waals surface area contributed by atoms with Crippen molar-refractivity contribution in [2.75, 3.05) is 33.4 Å². The van der Waals surface area contributed by atoms with Gasteiger partial charge in [0.15, 0.2) is 0 Å². The molecule has 3 N–H and O–H groups in total. The average molecular weight is 438 g/mol. The van der Waals surface area contributed by atoms with E-state index in [9.17, 15) is 9.35 Å². The van der Waals surface area contributed by atoms with Gasteiger partial charge in [0.1, 0.15) is 5.75 Å². The summed E-state index contributed by atoms with van der Waals surface area (Å²) in [6.45, 7) is 2.65. The summed E-state index contributed by atoms with van der Waals surface area (Å²) in [5.74, 6) is 0.471. The molecule has 0 aliphatic carbocycles. The fourth-order valence-electron chi connectivity index (χ4n) is 3.20. The molecule has 9 heteroatoms. The molecule has 1 unspecified atom stereocenters. The van der Waals surface area contributed by atoms with E-state index >= 15 is 0 Å². The van der Waals surface area contributed by atoms with Crippen LogP contribution in [-0.4, -0.2) is 59.3 Å². The number of rotatable bonds is 9. The predicted molar refractivity (Wildman–Crippen MR) is 115 cm³/mol. The standard InChI is InChI=1S/C20H27N3O4S2/c1-27-17-4-2-3-15(13-17)20(25)22-14-18-5-6-19(28-18)29(26)23-10-7-16(8-11-23)21-9-12-24/h2-6,13,16,21,24H,7-12,14H2,1H3,(H,22,25). The monoisotopic (exact) mass is 437 g/mol. The highest BCUT2D eigenvalue weighted by molar-refractivity contribution is 7.91. The molecule has 29 heavy (non-hydrogen) atoms. The van der Waals surface area contributed by atoms with Crippen molar-refractivity contribution in [3.8, 4) is 5.75 Å². The van der Waals surface area contributed by atoms with Crippen LogP contribution < -0.4 is 15.4 Å². The third-order valence-corrected chi connectivity index (χ3v) is 7.67. The van der Waals surface area contributed by atoms with E-state index < -0.39 is 11.4 Å². The number of benzene rings is 1. The number of nitrogens with zero attached hydrogens (tertiary/aromatic N) is 1. The van der Waals surface area contributed by atoms with Crippen molar-refractivity contribution < 1.29 is 19.2 Å². The van der Waals surface area contributed by atoms with Gasteiger partial charge in [0, 0.05) is 42.2 Å². The minimum absolute atomic E-state index is 0.137. The van der Waals surface area contributed by atoms with E-state index in [4.69, 9.17) is 9.84 Å². The fraction of sp³-hybridized carbons (Fsp3) is 0.450. The molecule has 1 amide bonds. The Morgan fingerprint density at radius 2 is 2.14 bits per heavy atom. The van der Waals surface area contributed by atoms with Crippen molar-refractivity contribution in [1.29, 1.82) is 0 Å². The lowest BCUT2D eigenvalue weighted by Gasteiger charge is -2.31. The summed E-state index contributed by atoms with van der Waals surface area (Å²) in [4.78, 5) is 13.3. The summed E-state index contributed by atoms with van der Waals surface area (Å²) < 4.78 is 20.8. The highest BCUT2D eigenvalue weighted by Gasteiger charge is 2.29. The Hall–Kier alpha value is -1.62. The minimum atomic E-state index is -1.18. The maximum absolute atomic E-state index is 12.8. The molecule has 0 bridgehead atoms. The predicted octanol–water partition coefficient (Wildman–Crippen LogP) is 1.76. The van der Waals surface area contributed by atoms with Crippen molar-refractivity contribution in [1.82, 2.24) is 14.9 Å². The highest BCUT2D eigenvalue weighted by atomic mass is 32.2. The first kappa shape index (κ1) is 22.1. The summed E-state index contributed by atoms with van der Waals surface area (Å²) in [5, 5.41) is 15.1. The number of thiophene rings is 1. The van der Waals surface area contributed by atoms with Gasteiger partial charge in [0.05, 0.1) is 31.6 Å². The van der Waals surface area contributed by atoms with Crippen molar-refractivity contribution in [3.05, 3.63) is 46.8 Å². The Labute approximate surface area is 178 Å². The molecule has 1 aromatic carbocycles. The van der Waals surface area contributed by atoms with Crippen molar-refractivity contribution in [2.45, 2.75) is 29.6 Å². The molecule has 158 valence electrons. The topological polar surface area (TPSA) is 96.9 Å². The molecular formula is C20H27N3O4S2. The molecule has 0 saturated carbocycles. The lowest BCUT2D eigenvalue weighted by Crippen LogP contribution is -2.45. The van der Waals surface area contributed by atoms with Gasteiger partial charge >= 0.3 is 0 Å². The second-order valence-electron chi connectivity index (χ2n) is 6.77. The largest absolute Gasteiger partial charge is 0.592 e. The molecular weight excluding hydrogens is 410 g/mol. The van der Waals surface area contributed by atoms with Gasteiger partial charge in [-0.15, -0.1) is 4.31 Å².